The molecule has 2 aromatic carbocycles. The predicted octanol–water partition coefficient (Wildman–Crippen LogP) is 2.76. The zero-order valence-electron chi connectivity index (χ0n) is 13.2. The van der Waals surface area contributed by atoms with Crippen LogP contribution in [0.4, 0.5) is 11.4 Å². The minimum atomic E-state index is -0.273. The van der Waals surface area contributed by atoms with Crippen molar-refractivity contribution in [1.29, 1.82) is 0 Å². The average Bonchev–Trinajstić information content (AvgIpc) is 2.55. The molecule has 0 aliphatic rings. The third-order valence-corrected chi connectivity index (χ3v) is 3.20. The lowest BCUT2D eigenvalue weighted by Gasteiger charge is -2.11. The zero-order chi connectivity index (χ0) is 16.7. The first-order valence-corrected chi connectivity index (χ1v) is 7.19. The molecule has 0 aliphatic heterocycles. The second kappa shape index (κ2) is 7.79. The van der Waals surface area contributed by atoms with E-state index >= 15 is 0 Å². The first-order valence-electron chi connectivity index (χ1n) is 7.19. The molecule has 2 rings (SSSR count). The molecule has 0 saturated carbocycles. The lowest BCUT2D eigenvalue weighted by molar-refractivity contribution is 0.0955. The summed E-state index contributed by atoms with van der Waals surface area (Å²) in [4.78, 5) is 13.8. The molecule has 0 heterocycles. The minimum absolute atomic E-state index is 0.273. The molecule has 118 valence electrons. The molecular weight excluding hydrogens is 288 g/mol. The summed E-state index contributed by atoms with van der Waals surface area (Å²) in [6.07, 6.45) is 5.22. The van der Waals surface area contributed by atoms with Crippen molar-refractivity contribution >= 4 is 29.6 Å². The Morgan fingerprint density at radius 1 is 1.09 bits per heavy atom. The van der Waals surface area contributed by atoms with Gasteiger partial charge in [0, 0.05) is 37.2 Å². The van der Waals surface area contributed by atoms with Crippen molar-refractivity contribution in [3.63, 3.8) is 0 Å². The number of nitrogens with zero attached hydrogens (tertiary/aromatic N) is 2. The molecule has 0 aliphatic carbocycles. The SMILES string of the molecule is CN(C)c1ccc(/C=C/C=N/NC(=O)c2ccc(N)cc2)cc1. The van der Waals surface area contributed by atoms with E-state index in [0.29, 0.717) is 11.3 Å². The van der Waals surface area contributed by atoms with Gasteiger partial charge in [-0.05, 0) is 48.0 Å². The van der Waals surface area contributed by atoms with Gasteiger partial charge in [-0.2, -0.15) is 5.10 Å². The van der Waals surface area contributed by atoms with Crippen LogP contribution in [0, 0.1) is 0 Å². The molecule has 3 N–H and O–H groups in total. The van der Waals surface area contributed by atoms with Gasteiger partial charge in [-0.15, -0.1) is 0 Å². The molecule has 23 heavy (non-hydrogen) atoms. The number of allylic oxidation sites excluding steroid dienone is 1. The van der Waals surface area contributed by atoms with Crippen molar-refractivity contribution in [2.45, 2.75) is 0 Å². The number of benzene rings is 2. The number of anilines is 2. The number of amides is 1. The number of nitrogen functional groups attached to an aromatic ring is 1. The normalized spacial score (nSPS) is 11.0. The fourth-order valence-electron chi connectivity index (χ4n) is 1.88. The summed E-state index contributed by atoms with van der Waals surface area (Å²) < 4.78 is 0. The Morgan fingerprint density at radius 3 is 2.35 bits per heavy atom. The molecule has 0 radical (unpaired) electrons. The molecule has 1 amide bonds. The molecule has 0 aromatic heterocycles. The van der Waals surface area contributed by atoms with Crippen molar-refractivity contribution in [3.8, 4) is 0 Å². The van der Waals surface area contributed by atoms with Gasteiger partial charge in [0.05, 0.1) is 0 Å². The molecule has 0 atom stereocenters. The zero-order valence-corrected chi connectivity index (χ0v) is 13.2. The van der Waals surface area contributed by atoms with E-state index in [-0.39, 0.29) is 5.91 Å². The molecular formula is C18H20N4O. The van der Waals surface area contributed by atoms with E-state index in [1.807, 2.05) is 49.3 Å². The molecule has 0 fully saturated rings. The Labute approximate surface area is 136 Å². The van der Waals surface area contributed by atoms with E-state index in [0.717, 1.165) is 11.3 Å². The van der Waals surface area contributed by atoms with E-state index in [4.69, 9.17) is 5.73 Å². The first-order chi connectivity index (χ1) is 11.1. The van der Waals surface area contributed by atoms with Crippen LogP contribution in [-0.2, 0) is 0 Å². The Balaban J connectivity index is 1.86. The van der Waals surface area contributed by atoms with Crippen LogP contribution in [0.15, 0.2) is 59.7 Å². The first kappa shape index (κ1) is 16.3. The third-order valence-electron chi connectivity index (χ3n) is 3.20. The van der Waals surface area contributed by atoms with Gasteiger partial charge in [0.15, 0.2) is 0 Å². The molecule has 0 saturated heterocycles. The number of hydrazone groups is 1. The van der Waals surface area contributed by atoms with Crippen LogP contribution in [0.5, 0.6) is 0 Å². The summed E-state index contributed by atoms with van der Waals surface area (Å²) >= 11 is 0. The molecule has 5 nitrogen and oxygen atoms in total. The van der Waals surface area contributed by atoms with Gasteiger partial charge < -0.3 is 10.6 Å². The van der Waals surface area contributed by atoms with Gasteiger partial charge in [0.1, 0.15) is 0 Å². The largest absolute Gasteiger partial charge is 0.399 e. The highest BCUT2D eigenvalue weighted by Crippen LogP contribution is 2.12. The number of nitrogens with one attached hydrogen (secondary N) is 1. The summed E-state index contributed by atoms with van der Waals surface area (Å²) in [5.74, 6) is -0.273. The lowest BCUT2D eigenvalue weighted by atomic mass is 10.2. The molecule has 0 unspecified atom stereocenters. The van der Waals surface area contributed by atoms with Crippen molar-refractivity contribution in [1.82, 2.24) is 5.43 Å². The third kappa shape index (κ3) is 5.00. The van der Waals surface area contributed by atoms with Gasteiger partial charge in [-0.25, -0.2) is 5.43 Å². The number of nitrogens with two attached hydrogens (primary N) is 1. The van der Waals surface area contributed by atoms with Gasteiger partial charge in [-0.3, -0.25) is 4.79 Å². The summed E-state index contributed by atoms with van der Waals surface area (Å²) in [5, 5.41) is 3.88. The fraction of sp³-hybridized carbons (Fsp3) is 0.111. The predicted molar refractivity (Wildman–Crippen MR) is 96.6 cm³/mol. The second-order valence-electron chi connectivity index (χ2n) is 5.19. The Kier molecular flexibility index (Phi) is 5.52. The number of hydrogen-bond acceptors (Lipinski definition) is 4. The van der Waals surface area contributed by atoms with E-state index in [1.54, 1.807) is 30.3 Å². The van der Waals surface area contributed by atoms with Crippen LogP contribution >= 0.6 is 0 Å². The maximum atomic E-state index is 11.8. The van der Waals surface area contributed by atoms with Gasteiger partial charge >= 0.3 is 0 Å². The van der Waals surface area contributed by atoms with Crippen LogP contribution in [0.2, 0.25) is 0 Å². The Hall–Kier alpha value is -3.08. The highest BCUT2D eigenvalue weighted by Gasteiger charge is 2.02. The number of rotatable bonds is 5. The standard InChI is InChI=1S/C18H20N4O/c1-22(2)17-11-5-14(6-12-17)4-3-13-20-21-18(23)15-7-9-16(19)10-8-15/h3-13H,19H2,1-2H3,(H,21,23)/b4-3+,20-13+. The number of hydrogen-bond donors (Lipinski definition) is 2. The maximum Gasteiger partial charge on any atom is 0.271 e. The van der Waals surface area contributed by atoms with Crippen LogP contribution in [0.1, 0.15) is 15.9 Å². The highest BCUT2D eigenvalue weighted by molar-refractivity contribution is 5.95. The summed E-state index contributed by atoms with van der Waals surface area (Å²) in [5.41, 5.74) is 11.4. The summed E-state index contributed by atoms with van der Waals surface area (Å²) in [6.45, 7) is 0. The van der Waals surface area contributed by atoms with Crippen molar-refractivity contribution in [2.75, 3.05) is 24.7 Å². The van der Waals surface area contributed by atoms with Gasteiger partial charge in [0.2, 0.25) is 0 Å². The maximum absolute atomic E-state index is 11.8. The summed E-state index contributed by atoms with van der Waals surface area (Å²) in [6, 6.07) is 14.8. The van der Waals surface area contributed by atoms with E-state index in [1.165, 1.54) is 6.21 Å². The van der Waals surface area contributed by atoms with Crippen LogP contribution in [0.3, 0.4) is 0 Å². The van der Waals surface area contributed by atoms with Crippen molar-refractivity contribution in [3.05, 3.63) is 65.7 Å². The molecule has 2 aromatic rings. The van der Waals surface area contributed by atoms with Crippen LogP contribution < -0.4 is 16.1 Å². The highest BCUT2D eigenvalue weighted by atomic mass is 16.2. The lowest BCUT2D eigenvalue weighted by Crippen LogP contribution is -2.17. The fourth-order valence-corrected chi connectivity index (χ4v) is 1.88. The van der Waals surface area contributed by atoms with E-state index < -0.39 is 0 Å². The Morgan fingerprint density at radius 2 is 1.74 bits per heavy atom. The molecule has 0 spiro atoms. The smallest absolute Gasteiger partial charge is 0.271 e. The van der Waals surface area contributed by atoms with Gasteiger partial charge in [-0.1, -0.05) is 18.2 Å². The molecule has 0 bridgehead atoms. The van der Waals surface area contributed by atoms with E-state index in [2.05, 4.69) is 10.5 Å². The number of carbonyl (C=O) groups excluding carboxylic acids is 1. The monoisotopic (exact) mass is 308 g/mol. The van der Waals surface area contributed by atoms with E-state index in [9.17, 15) is 4.79 Å². The van der Waals surface area contributed by atoms with Crippen molar-refractivity contribution < 1.29 is 4.79 Å². The molecule has 5 heteroatoms. The van der Waals surface area contributed by atoms with Gasteiger partial charge in [0.25, 0.3) is 5.91 Å². The minimum Gasteiger partial charge on any atom is -0.399 e. The average molecular weight is 308 g/mol. The summed E-state index contributed by atoms with van der Waals surface area (Å²) in [7, 11) is 4.00. The topological polar surface area (TPSA) is 70.7 Å². The van der Waals surface area contributed by atoms with Crippen LogP contribution in [-0.4, -0.2) is 26.2 Å². The quantitative estimate of drug-likeness (QED) is 0.507. The van der Waals surface area contributed by atoms with Crippen molar-refractivity contribution in [2.24, 2.45) is 5.10 Å². The second-order valence-corrected chi connectivity index (χ2v) is 5.19. The Bertz CT molecular complexity index is 701. The number of carbonyl (C=O) groups is 1. The van der Waals surface area contributed by atoms with Crippen LogP contribution in [0.25, 0.3) is 6.08 Å².